The minimum absolute atomic E-state index is 0.0132. The molecule has 0 saturated carbocycles. The highest BCUT2D eigenvalue weighted by Crippen LogP contribution is 2.49. The van der Waals surface area contributed by atoms with E-state index in [4.69, 9.17) is 10.5 Å². The van der Waals surface area contributed by atoms with Crippen LogP contribution in [0.25, 0.3) is 32.1 Å². The number of aromatic nitrogens is 2. The Bertz CT molecular complexity index is 1970. The molecule has 0 aliphatic carbocycles. The topological polar surface area (TPSA) is 112 Å². The lowest BCUT2D eigenvalue weighted by Crippen LogP contribution is -2.59. The van der Waals surface area contributed by atoms with Gasteiger partial charge in [0.15, 0.2) is 5.82 Å². The predicted molar refractivity (Wildman–Crippen MR) is 165 cm³/mol. The molecule has 0 spiro atoms. The number of hydrogen-bond donors (Lipinski definition) is 2. The van der Waals surface area contributed by atoms with Crippen molar-refractivity contribution in [1.29, 1.82) is 5.26 Å². The number of hydrogen-bond acceptors (Lipinski definition) is 9. The molecule has 7 rings (SSSR count). The summed E-state index contributed by atoms with van der Waals surface area (Å²) in [6, 6.07) is 3.57. The number of thiophene rings is 1. The zero-order valence-electron chi connectivity index (χ0n) is 25.4. The largest absolute Gasteiger partial charge is 0.461 e. The predicted octanol–water partition coefficient (Wildman–Crippen LogP) is 6.57. The summed E-state index contributed by atoms with van der Waals surface area (Å²) in [7, 11) is 0. The van der Waals surface area contributed by atoms with Crippen molar-refractivity contribution in [3.63, 3.8) is 0 Å². The maximum absolute atomic E-state index is 16.9. The van der Waals surface area contributed by atoms with Gasteiger partial charge in [0.2, 0.25) is 0 Å². The molecule has 5 heterocycles. The Kier molecular flexibility index (Phi) is 7.31. The summed E-state index contributed by atoms with van der Waals surface area (Å²) in [5.74, 6) is -2.26. The maximum atomic E-state index is 16.9. The number of nitriles is 1. The van der Waals surface area contributed by atoms with Crippen LogP contribution in [0.4, 0.5) is 37.2 Å². The van der Waals surface area contributed by atoms with Gasteiger partial charge in [0.05, 0.1) is 33.0 Å². The first-order valence-electron chi connectivity index (χ1n) is 15.2. The highest BCUT2D eigenvalue weighted by molar-refractivity contribution is 7.23. The van der Waals surface area contributed by atoms with Gasteiger partial charge in [0.25, 0.3) is 0 Å². The molecule has 3 atom stereocenters. The van der Waals surface area contributed by atoms with Crippen LogP contribution in [0.3, 0.4) is 0 Å². The first kappa shape index (κ1) is 31.7. The molecule has 47 heavy (non-hydrogen) atoms. The van der Waals surface area contributed by atoms with Gasteiger partial charge in [-0.05, 0) is 57.4 Å². The third-order valence-corrected chi connectivity index (χ3v) is 10.8. The fourth-order valence-electron chi connectivity index (χ4n) is 7.49. The van der Waals surface area contributed by atoms with Crippen LogP contribution in [-0.2, 0) is 6.18 Å². The number of alkyl halides is 4. The Balaban J connectivity index is 1.47. The molecule has 0 bridgehead atoms. The molecule has 3 N–H and O–H groups in total. The fourth-order valence-corrected chi connectivity index (χ4v) is 8.44. The van der Waals surface area contributed by atoms with Crippen molar-refractivity contribution in [2.75, 3.05) is 36.9 Å². The van der Waals surface area contributed by atoms with Crippen LogP contribution >= 0.6 is 11.3 Å². The van der Waals surface area contributed by atoms with Gasteiger partial charge in [0.1, 0.15) is 41.0 Å². The maximum Gasteiger partial charge on any atom is 0.417 e. The van der Waals surface area contributed by atoms with Crippen LogP contribution in [0.15, 0.2) is 18.2 Å². The van der Waals surface area contributed by atoms with E-state index in [1.807, 2.05) is 11.0 Å². The molecule has 3 aliphatic rings. The van der Waals surface area contributed by atoms with Gasteiger partial charge in [-0.25, -0.2) is 13.2 Å². The smallest absolute Gasteiger partial charge is 0.417 e. The van der Waals surface area contributed by atoms with Gasteiger partial charge in [-0.3, -0.25) is 4.90 Å². The van der Waals surface area contributed by atoms with Crippen molar-refractivity contribution >= 4 is 43.1 Å². The first-order chi connectivity index (χ1) is 22.1. The summed E-state index contributed by atoms with van der Waals surface area (Å²) >= 11 is 0.679. The molecular formula is C32H30F6N6O2S. The van der Waals surface area contributed by atoms with E-state index in [0.29, 0.717) is 37.3 Å². The molecule has 3 saturated heterocycles. The SMILES string of the molecule is CC(C)(O)[C@H]1CCN1c1nc(OC[C@@]23CCCN2C[C@H](F)C3)nc2c(F)c(-c3ccc(F)c4sc(N)c(C#N)c34)c(C(F)(F)F)cc12. The van der Waals surface area contributed by atoms with Crippen molar-refractivity contribution < 1.29 is 36.2 Å². The summed E-state index contributed by atoms with van der Waals surface area (Å²) in [6.07, 6.45) is -3.91. The Hall–Kier alpha value is -3.87. The standard InChI is InChI=1S/C32H30F6N6O2S/c1-30(2,45)21-6-9-44(21)28-17-10-19(32(36,37)38)23(16-4-5-20(34)26-22(16)18(12-39)27(40)47-26)24(35)25(17)41-29(42-28)46-14-31-7-3-8-43(31)13-15(33)11-31/h4-5,10,15,21,45H,3,6-9,11,13-14,40H2,1-2H3/t15-,21-,31+/m1/s1. The molecule has 248 valence electrons. The second-order valence-corrected chi connectivity index (χ2v) is 14.2. The van der Waals surface area contributed by atoms with E-state index < -0.39 is 57.8 Å². The van der Waals surface area contributed by atoms with Crippen molar-refractivity contribution in [3.8, 4) is 23.2 Å². The molecule has 3 aliphatic heterocycles. The first-order valence-corrected chi connectivity index (χ1v) is 16.0. The van der Waals surface area contributed by atoms with Crippen molar-refractivity contribution in [1.82, 2.24) is 14.9 Å². The normalized spacial score (nSPS) is 23.4. The van der Waals surface area contributed by atoms with E-state index in [1.54, 1.807) is 18.7 Å². The molecular weight excluding hydrogens is 646 g/mol. The van der Waals surface area contributed by atoms with Gasteiger partial charge in [0, 0.05) is 35.8 Å². The van der Waals surface area contributed by atoms with Gasteiger partial charge in [-0.15, -0.1) is 11.3 Å². The Morgan fingerprint density at radius 2 is 1.98 bits per heavy atom. The van der Waals surface area contributed by atoms with E-state index in [-0.39, 0.29) is 63.0 Å². The van der Waals surface area contributed by atoms with Crippen LogP contribution in [0.1, 0.15) is 50.7 Å². The summed E-state index contributed by atoms with van der Waals surface area (Å²) in [4.78, 5) is 12.3. The van der Waals surface area contributed by atoms with Crippen molar-refractivity contribution in [3.05, 3.63) is 41.0 Å². The number of benzene rings is 2. The molecule has 0 unspecified atom stereocenters. The number of nitrogens with zero attached hydrogens (tertiary/aromatic N) is 5. The molecule has 4 aromatic rings. The number of nitrogens with two attached hydrogens (primary N) is 1. The van der Waals surface area contributed by atoms with Gasteiger partial charge in [-0.2, -0.15) is 28.4 Å². The fraction of sp³-hybridized carbons (Fsp3) is 0.469. The lowest BCUT2D eigenvalue weighted by molar-refractivity contribution is -0.137. The molecule has 2 aromatic carbocycles. The lowest BCUT2D eigenvalue weighted by Gasteiger charge is -2.48. The van der Waals surface area contributed by atoms with E-state index in [9.17, 15) is 32.3 Å². The second-order valence-electron chi connectivity index (χ2n) is 13.1. The summed E-state index contributed by atoms with van der Waals surface area (Å²) in [6.45, 7) is 4.37. The minimum Gasteiger partial charge on any atom is -0.461 e. The monoisotopic (exact) mass is 676 g/mol. The van der Waals surface area contributed by atoms with E-state index >= 15 is 4.39 Å². The molecule has 8 nitrogen and oxygen atoms in total. The average molecular weight is 677 g/mol. The van der Waals surface area contributed by atoms with Crippen LogP contribution in [-0.4, -0.2) is 69.6 Å². The number of aliphatic hydroxyl groups is 1. The minimum atomic E-state index is -5.10. The van der Waals surface area contributed by atoms with Crippen molar-refractivity contribution in [2.24, 2.45) is 0 Å². The van der Waals surface area contributed by atoms with E-state index in [2.05, 4.69) is 9.97 Å². The number of halogens is 6. The zero-order chi connectivity index (χ0) is 33.6. The molecule has 0 amide bonds. The second kappa shape index (κ2) is 10.8. The van der Waals surface area contributed by atoms with Crippen molar-refractivity contribution in [2.45, 2.75) is 69.1 Å². The third kappa shape index (κ3) is 5.03. The number of anilines is 2. The number of nitrogen functional groups attached to an aromatic ring is 1. The van der Waals surface area contributed by atoms with E-state index in [1.165, 1.54) is 0 Å². The molecule has 15 heteroatoms. The number of fused-ring (bicyclic) bond motifs is 3. The molecule has 3 fully saturated rings. The highest BCUT2D eigenvalue weighted by Gasteiger charge is 2.50. The summed E-state index contributed by atoms with van der Waals surface area (Å²) in [5.41, 5.74) is 0.581. The lowest BCUT2D eigenvalue weighted by atomic mass is 9.87. The van der Waals surface area contributed by atoms with Crippen LogP contribution in [0.2, 0.25) is 0 Å². The highest BCUT2D eigenvalue weighted by atomic mass is 32.1. The van der Waals surface area contributed by atoms with Crippen LogP contribution in [0, 0.1) is 23.0 Å². The Labute approximate surface area is 269 Å². The quantitative estimate of drug-likeness (QED) is 0.221. The Morgan fingerprint density at radius 1 is 1.21 bits per heavy atom. The zero-order valence-corrected chi connectivity index (χ0v) is 26.2. The molecule has 0 radical (unpaired) electrons. The third-order valence-electron chi connectivity index (χ3n) is 9.73. The van der Waals surface area contributed by atoms with E-state index in [0.717, 1.165) is 24.6 Å². The van der Waals surface area contributed by atoms with Crippen LogP contribution < -0.4 is 15.4 Å². The molecule has 2 aromatic heterocycles. The van der Waals surface area contributed by atoms with Crippen LogP contribution in [0.5, 0.6) is 6.01 Å². The number of rotatable bonds is 6. The van der Waals surface area contributed by atoms with Gasteiger partial charge in [-0.1, -0.05) is 6.07 Å². The summed E-state index contributed by atoms with van der Waals surface area (Å²) in [5, 5.41) is 20.0. The van der Waals surface area contributed by atoms with Gasteiger partial charge < -0.3 is 20.5 Å². The number of ether oxygens (including phenoxy) is 1. The average Bonchev–Trinajstić information content (AvgIpc) is 3.60. The Morgan fingerprint density at radius 3 is 2.64 bits per heavy atom. The van der Waals surface area contributed by atoms with Gasteiger partial charge >= 0.3 is 12.2 Å². The summed E-state index contributed by atoms with van der Waals surface area (Å²) < 4.78 is 96.6.